The number of carbonyl (C=O) groups excluding carboxylic acids is 1. The highest BCUT2D eigenvalue weighted by Gasteiger charge is 2.26. The van der Waals surface area contributed by atoms with Crippen LogP contribution in [0.15, 0.2) is 47.6 Å². The standard InChI is InChI=1S/C22H22FN5O3S2/c1-14(24)8-9-16-6-4-5-7-17(16)15(2)28(3)19-10-18(23)21(11-20(19)31-13-29)33(30)27-22-25-12-26-32-22/h4-7,10-15H,24H2,1-3H3,(H,25,26,27)/t14?,15-,33?/m1/s1. The van der Waals surface area contributed by atoms with Crippen LogP contribution in [0.4, 0.5) is 15.2 Å². The van der Waals surface area contributed by atoms with Gasteiger partial charge in [0.25, 0.3) is 6.47 Å². The van der Waals surface area contributed by atoms with E-state index in [0.717, 1.165) is 22.7 Å². The van der Waals surface area contributed by atoms with Gasteiger partial charge in [-0.3, -0.25) is 4.79 Å². The van der Waals surface area contributed by atoms with E-state index in [9.17, 15) is 13.7 Å². The largest absolute Gasteiger partial charge is 0.588 e. The zero-order chi connectivity index (χ0) is 24.0. The molecule has 0 saturated carbocycles. The maximum Gasteiger partial charge on any atom is 0.298 e. The molecule has 0 aliphatic rings. The number of hydrogen-bond acceptors (Lipinski definition) is 9. The van der Waals surface area contributed by atoms with E-state index in [1.54, 1.807) is 18.9 Å². The molecule has 0 amide bonds. The van der Waals surface area contributed by atoms with Crippen molar-refractivity contribution in [1.29, 1.82) is 0 Å². The number of aromatic nitrogens is 2. The zero-order valence-electron chi connectivity index (χ0n) is 18.1. The second-order valence-corrected chi connectivity index (χ2v) is 8.98. The summed E-state index contributed by atoms with van der Waals surface area (Å²) >= 11 is -0.998. The topological polar surface area (TPSA) is 116 Å². The molecular formula is C22H22FN5O3S2. The van der Waals surface area contributed by atoms with Gasteiger partial charge in [-0.25, -0.2) is 9.37 Å². The van der Waals surface area contributed by atoms with Crippen LogP contribution in [0.1, 0.15) is 31.0 Å². The van der Waals surface area contributed by atoms with E-state index in [0.29, 0.717) is 5.69 Å². The van der Waals surface area contributed by atoms with E-state index >= 15 is 0 Å². The van der Waals surface area contributed by atoms with Gasteiger partial charge in [-0.05, 0) is 25.5 Å². The highest BCUT2D eigenvalue weighted by molar-refractivity contribution is 7.93. The van der Waals surface area contributed by atoms with Crippen molar-refractivity contribution in [3.63, 3.8) is 0 Å². The Morgan fingerprint density at radius 2 is 2.12 bits per heavy atom. The third kappa shape index (κ3) is 6.00. The van der Waals surface area contributed by atoms with Crippen molar-refractivity contribution >= 4 is 40.2 Å². The SMILES string of the molecule is CC(N)C#Cc1ccccc1[C@@H](C)N(C)c1cc(F)c([S+]([O-])Nc2ncns2)cc1OC=O. The number of nitrogens with two attached hydrogens (primary N) is 1. The van der Waals surface area contributed by atoms with E-state index in [1.165, 1.54) is 18.5 Å². The van der Waals surface area contributed by atoms with Crippen LogP contribution in [0, 0.1) is 17.7 Å². The molecule has 0 radical (unpaired) electrons. The third-order valence-electron chi connectivity index (χ3n) is 4.74. The number of hydrogen-bond donors (Lipinski definition) is 2. The molecular weight excluding hydrogens is 465 g/mol. The van der Waals surface area contributed by atoms with Gasteiger partial charge >= 0.3 is 0 Å². The summed E-state index contributed by atoms with van der Waals surface area (Å²) in [5.41, 5.74) is 7.73. The fourth-order valence-corrected chi connectivity index (χ4v) is 4.46. The van der Waals surface area contributed by atoms with E-state index < -0.39 is 17.2 Å². The van der Waals surface area contributed by atoms with Gasteiger partial charge in [0.2, 0.25) is 10.0 Å². The van der Waals surface area contributed by atoms with Crippen molar-refractivity contribution in [1.82, 2.24) is 9.36 Å². The highest BCUT2D eigenvalue weighted by Crippen LogP contribution is 2.37. The second-order valence-electron chi connectivity index (χ2n) is 7.01. The van der Waals surface area contributed by atoms with E-state index in [1.807, 2.05) is 31.2 Å². The fourth-order valence-electron chi connectivity index (χ4n) is 3.02. The molecule has 3 N–H and O–H groups in total. The molecule has 2 aromatic carbocycles. The third-order valence-corrected chi connectivity index (χ3v) is 6.54. The molecule has 0 aliphatic heterocycles. The summed E-state index contributed by atoms with van der Waals surface area (Å²) < 4.78 is 39.1. The average molecular weight is 488 g/mol. The number of ether oxygens (including phenoxy) is 1. The number of carbonyl (C=O) groups is 1. The molecule has 0 aliphatic carbocycles. The minimum absolute atomic E-state index is 0.0577. The molecule has 1 heterocycles. The molecule has 3 rings (SSSR count). The fraction of sp³-hybridized carbons (Fsp3) is 0.227. The Labute approximate surface area is 198 Å². The van der Waals surface area contributed by atoms with Gasteiger partial charge in [-0.2, -0.15) is 9.10 Å². The van der Waals surface area contributed by atoms with Crippen LogP contribution in [0.3, 0.4) is 0 Å². The minimum atomic E-state index is -1.98. The normalized spacial score (nSPS) is 13.3. The van der Waals surface area contributed by atoms with Crippen molar-refractivity contribution in [3.8, 4) is 17.6 Å². The number of nitrogens with zero attached hydrogens (tertiary/aromatic N) is 3. The quantitative estimate of drug-likeness (QED) is 0.283. The molecule has 33 heavy (non-hydrogen) atoms. The van der Waals surface area contributed by atoms with Gasteiger partial charge in [-0.1, -0.05) is 30.0 Å². The first-order chi connectivity index (χ1) is 15.8. The van der Waals surface area contributed by atoms with E-state index in [-0.39, 0.29) is 34.3 Å². The summed E-state index contributed by atoms with van der Waals surface area (Å²) in [5.74, 6) is 5.34. The van der Waals surface area contributed by atoms with Crippen LogP contribution >= 0.6 is 11.5 Å². The average Bonchev–Trinajstić information content (AvgIpc) is 3.31. The summed E-state index contributed by atoms with van der Waals surface area (Å²) in [7, 11) is 1.74. The highest BCUT2D eigenvalue weighted by atomic mass is 32.2. The van der Waals surface area contributed by atoms with E-state index in [2.05, 4.69) is 25.9 Å². The minimum Gasteiger partial charge on any atom is -0.588 e. The summed E-state index contributed by atoms with van der Waals surface area (Å²) in [6.07, 6.45) is 1.29. The lowest BCUT2D eigenvalue weighted by atomic mass is 10.00. The molecule has 8 nitrogen and oxygen atoms in total. The van der Waals surface area contributed by atoms with Gasteiger partial charge in [0.15, 0.2) is 11.6 Å². The smallest absolute Gasteiger partial charge is 0.298 e. The van der Waals surface area contributed by atoms with Crippen LogP contribution in [-0.4, -0.2) is 33.5 Å². The maximum absolute atomic E-state index is 15.0. The van der Waals surface area contributed by atoms with Crippen molar-refractivity contribution in [3.05, 3.63) is 59.7 Å². The van der Waals surface area contributed by atoms with Crippen LogP contribution in [-0.2, 0) is 16.2 Å². The first-order valence-electron chi connectivity index (χ1n) is 9.79. The summed E-state index contributed by atoms with van der Waals surface area (Å²) in [6.45, 7) is 3.95. The lowest BCUT2D eigenvalue weighted by Gasteiger charge is -2.29. The maximum atomic E-state index is 15.0. The summed E-state index contributed by atoms with van der Waals surface area (Å²) in [5, 5.41) is 0.268. The van der Waals surface area contributed by atoms with Crippen LogP contribution < -0.4 is 20.1 Å². The summed E-state index contributed by atoms with van der Waals surface area (Å²) in [4.78, 5) is 16.6. The zero-order valence-corrected chi connectivity index (χ0v) is 19.7. The Bertz CT molecular complexity index is 1160. The van der Waals surface area contributed by atoms with Crippen LogP contribution in [0.25, 0.3) is 0 Å². The molecule has 0 saturated heterocycles. The van der Waals surface area contributed by atoms with Crippen molar-refractivity contribution < 1.29 is 18.5 Å². The molecule has 11 heteroatoms. The van der Waals surface area contributed by atoms with Crippen LogP contribution in [0.5, 0.6) is 5.75 Å². The molecule has 0 spiro atoms. The number of anilines is 2. The van der Waals surface area contributed by atoms with Gasteiger partial charge in [0, 0.05) is 36.3 Å². The summed E-state index contributed by atoms with van der Waals surface area (Å²) in [6, 6.07) is 9.41. The van der Waals surface area contributed by atoms with Gasteiger partial charge in [0.1, 0.15) is 17.7 Å². The first kappa shape index (κ1) is 24.5. The first-order valence-corrected chi connectivity index (χ1v) is 11.7. The Morgan fingerprint density at radius 1 is 1.36 bits per heavy atom. The number of rotatable bonds is 8. The number of benzene rings is 2. The Balaban J connectivity index is 1.96. The monoisotopic (exact) mass is 487 g/mol. The predicted octanol–water partition coefficient (Wildman–Crippen LogP) is 3.24. The molecule has 0 bridgehead atoms. The van der Waals surface area contributed by atoms with Crippen molar-refractivity contribution in [2.24, 2.45) is 5.73 Å². The van der Waals surface area contributed by atoms with Gasteiger partial charge in [-0.15, -0.1) is 0 Å². The second kappa shape index (κ2) is 11.1. The Kier molecular flexibility index (Phi) is 8.24. The number of halogens is 1. The molecule has 172 valence electrons. The molecule has 1 aromatic heterocycles. The molecule has 2 unspecified atom stereocenters. The molecule has 0 fully saturated rings. The van der Waals surface area contributed by atoms with Crippen molar-refractivity contribution in [2.75, 3.05) is 16.7 Å². The van der Waals surface area contributed by atoms with E-state index in [4.69, 9.17) is 10.5 Å². The molecule has 3 aromatic rings. The Hall–Kier alpha value is -3.17. The predicted molar refractivity (Wildman–Crippen MR) is 127 cm³/mol. The van der Waals surface area contributed by atoms with Gasteiger partial charge < -0.3 is 19.9 Å². The van der Waals surface area contributed by atoms with Crippen molar-refractivity contribution in [2.45, 2.75) is 30.8 Å². The Morgan fingerprint density at radius 3 is 2.79 bits per heavy atom. The molecule has 3 atom stereocenters. The van der Waals surface area contributed by atoms with Crippen LogP contribution in [0.2, 0.25) is 0 Å². The lowest BCUT2D eigenvalue weighted by molar-refractivity contribution is -0.120. The van der Waals surface area contributed by atoms with Gasteiger partial charge in [0.05, 0.1) is 17.8 Å². The lowest BCUT2D eigenvalue weighted by Crippen LogP contribution is -2.24. The number of nitrogens with one attached hydrogen (secondary N) is 1.